The molecular weight excluding hydrogens is 401 g/mol. The Kier molecular flexibility index (Phi) is 7.51. The van der Waals surface area contributed by atoms with Crippen LogP contribution in [0, 0.1) is 0 Å². The van der Waals surface area contributed by atoms with Crippen LogP contribution in [0.2, 0.25) is 0 Å². The molecule has 138 valence electrons. The number of aliphatic hydroxyl groups excluding tert-OH is 2. The third-order valence-electron chi connectivity index (χ3n) is 2.62. The lowest BCUT2D eigenvalue weighted by molar-refractivity contribution is -0.245. The molecule has 0 spiro atoms. The Bertz CT molecular complexity index is 555. The van der Waals surface area contributed by atoms with Gasteiger partial charge in [-0.25, -0.2) is 4.31 Å². The van der Waals surface area contributed by atoms with Crippen LogP contribution in [0.1, 0.15) is 6.92 Å². The van der Waals surface area contributed by atoms with Crippen LogP contribution in [0.3, 0.4) is 0 Å². The summed E-state index contributed by atoms with van der Waals surface area (Å²) >= 11 is 4.28. The van der Waals surface area contributed by atoms with Gasteiger partial charge in [-0.15, -0.1) is 0 Å². The normalized spacial score (nSPS) is 36.1. The minimum Gasteiger partial charge on any atom is -0.779 e. The third kappa shape index (κ3) is 6.85. The molecule has 0 radical (unpaired) electrons. The molecule has 0 amide bonds. The highest BCUT2D eigenvalue weighted by molar-refractivity contribution is 8.07. The van der Waals surface area contributed by atoms with Crippen molar-refractivity contribution in [3.8, 4) is 0 Å². The zero-order valence-corrected chi connectivity index (χ0v) is 15.2. The lowest BCUT2D eigenvalue weighted by Crippen LogP contribution is -2.34. The van der Waals surface area contributed by atoms with Gasteiger partial charge in [-0.05, 0) is 6.92 Å². The summed E-state index contributed by atoms with van der Waals surface area (Å²) in [5.41, 5.74) is 0. The summed E-state index contributed by atoms with van der Waals surface area (Å²) in [6, 6.07) is 0. The van der Waals surface area contributed by atoms with Gasteiger partial charge in [-0.1, -0.05) is 11.8 Å². The van der Waals surface area contributed by atoms with Crippen LogP contribution in [-0.2, 0) is 43.3 Å². The number of rotatable bonds is 8. The molecule has 1 rings (SSSR count). The molecule has 1 fully saturated rings. The molecule has 16 heteroatoms. The summed E-state index contributed by atoms with van der Waals surface area (Å²) in [5.74, 6) is 0. The van der Waals surface area contributed by atoms with E-state index in [-0.39, 0.29) is 0 Å². The second-order valence-electron chi connectivity index (χ2n) is 4.34. The molecule has 2 N–H and O–H groups in total. The summed E-state index contributed by atoms with van der Waals surface area (Å²) in [6.45, 7) is -3.96. The SMILES string of the molecule is COP(=O)([O-])OP(=O)([O-])OP([O-])(=S)OC[C@H]1O[C@@H](C)[C@@H](O)C1O. The van der Waals surface area contributed by atoms with E-state index in [1.165, 1.54) is 6.92 Å². The molecule has 1 saturated heterocycles. The number of hydrogen-bond acceptors (Lipinski definition) is 13. The summed E-state index contributed by atoms with van der Waals surface area (Å²) in [7, 11) is -10.2. The highest BCUT2D eigenvalue weighted by Crippen LogP contribution is 2.62. The van der Waals surface area contributed by atoms with Crippen LogP contribution >= 0.6 is 22.4 Å². The van der Waals surface area contributed by atoms with Gasteiger partial charge >= 0.3 is 0 Å². The Hall–Kier alpha value is 0.710. The van der Waals surface area contributed by atoms with Gasteiger partial charge in [0.1, 0.15) is 25.0 Å². The van der Waals surface area contributed by atoms with Gasteiger partial charge in [0.05, 0.1) is 12.7 Å². The maximum Gasteiger partial charge on any atom is 0.279 e. The quantitative estimate of drug-likeness (QED) is 0.403. The molecule has 0 saturated carbocycles. The Morgan fingerprint density at radius 3 is 2.13 bits per heavy atom. The van der Waals surface area contributed by atoms with Crippen molar-refractivity contribution in [2.75, 3.05) is 13.7 Å². The predicted molar refractivity (Wildman–Crippen MR) is 71.0 cm³/mol. The molecule has 0 aromatic heterocycles. The minimum absolute atomic E-state index is 0.628. The Balaban J connectivity index is 2.61. The van der Waals surface area contributed by atoms with Gasteiger partial charge in [-0.2, -0.15) is 0 Å². The Morgan fingerprint density at radius 1 is 1.13 bits per heavy atom. The lowest BCUT2D eigenvalue weighted by atomic mass is 10.1. The number of ether oxygens (including phenoxy) is 1. The predicted octanol–water partition coefficient (Wildman–Crippen LogP) is -2.29. The zero-order chi connectivity index (χ0) is 18.1. The minimum atomic E-state index is -5.65. The van der Waals surface area contributed by atoms with Crippen LogP contribution < -0.4 is 14.7 Å². The number of phosphoric ester groups is 1. The van der Waals surface area contributed by atoms with Gasteiger partial charge in [0.25, 0.3) is 15.6 Å². The first-order valence-corrected chi connectivity index (χ1v) is 11.3. The fourth-order valence-electron chi connectivity index (χ4n) is 1.55. The van der Waals surface area contributed by atoms with E-state index in [1.54, 1.807) is 0 Å². The molecule has 1 aliphatic heterocycles. The molecule has 7 atom stereocenters. The monoisotopic (exact) mass is 415 g/mol. The first kappa shape index (κ1) is 21.8. The first-order chi connectivity index (χ1) is 10.3. The van der Waals surface area contributed by atoms with E-state index in [0.29, 0.717) is 7.11 Å². The fourth-order valence-corrected chi connectivity index (χ4v) is 5.60. The Labute approximate surface area is 136 Å². The summed E-state index contributed by atoms with van der Waals surface area (Å²) in [6.07, 6.45) is -4.50. The molecule has 23 heavy (non-hydrogen) atoms. The van der Waals surface area contributed by atoms with Gasteiger partial charge in [-0.3, -0.25) is 13.4 Å². The number of phosphoric acid groups is 2. The molecule has 4 unspecified atom stereocenters. The zero-order valence-electron chi connectivity index (χ0n) is 11.7. The largest absolute Gasteiger partial charge is 0.779 e. The average Bonchev–Trinajstić information content (AvgIpc) is 2.61. The molecule has 0 aromatic rings. The van der Waals surface area contributed by atoms with E-state index in [0.717, 1.165) is 0 Å². The van der Waals surface area contributed by atoms with Gasteiger partial charge in [0.2, 0.25) is 0 Å². The van der Waals surface area contributed by atoms with Gasteiger partial charge in [0, 0.05) is 7.11 Å². The molecule has 0 aromatic carbocycles. The maximum absolute atomic E-state index is 11.7. The van der Waals surface area contributed by atoms with Crippen LogP contribution in [-0.4, -0.2) is 48.3 Å². The first-order valence-electron chi connectivity index (χ1n) is 5.86. The maximum atomic E-state index is 11.7. The van der Waals surface area contributed by atoms with E-state index < -0.39 is 53.4 Å². The average molecular weight is 415 g/mol. The van der Waals surface area contributed by atoms with E-state index in [4.69, 9.17) is 4.74 Å². The van der Waals surface area contributed by atoms with Crippen molar-refractivity contribution in [2.24, 2.45) is 0 Å². The van der Waals surface area contributed by atoms with Gasteiger partial charge in [0.15, 0.2) is 0 Å². The molecule has 1 aliphatic rings. The van der Waals surface area contributed by atoms with Crippen molar-refractivity contribution < 1.29 is 56.4 Å². The Morgan fingerprint density at radius 2 is 1.70 bits per heavy atom. The smallest absolute Gasteiger partial charge is 0.279 e. The number of aliphatic hydroxyl groups is 2. The van der Waals surface area contributed by atoms with Crippen LogP contribution in [0.25, 0.3) is 0 Å². The second-order valence-corrected chi connectivity index (χ2v) is 10.3. The standard InChI is InChI=1S/C7H17O12P3S/c1-4-6(8)7(9)5(17-4)3-16-22(14,23)19-21(12,13)18-20(10,11)15-2/h4-9H,3H2,1-2H3,(H,10,11)(H,12,13)(H,14,23)/p-3/t4-,5+,6+,7?,22?/m0/s1. The van der Waals surface area contributed by atoms with Crippen molar-refractivity contribution in [2.45, 2.75) is 31.3 Å². The van der Waals surface area contributed by atoms with E-state index in [1.807, 2.05) is 0 Å². The molecular formula is C7H14O12P3S-3. The van der Waals surface area contributed by atoms with E-state index in [9.17, 15) is 34.0 Å². The second kappa shape index (κ2) is 7.94. The van der Waals surface area contributed by atoms with E-state index >= 15 is 0 Å². The number of hydrogen-bond donors (Lipinski definition) is 2. The van der Waals surface area contributed by atoms with Crippen molar-refractivity contribution >= 4 is 34.2 Å². The van der Waals surface area contributed by atoms with Crippen molar-refractivity contribution in [3.05, 3.63) is 0 Å². The molecule has 1 heterocycles. The van der Waals surface area contributed by atoms with Crippen LogP contribution in [0.4, 0.5) is 0 Å². The molecule has 12 nitrogen and oxygen atoms in total. The third-order valence-corrected chi connectivity index (χ3v) is 7.65. The van der Waals surface area contributed by atoms with Gasteiger partial charge < -0.3 is 38.7 Å². The molecule has 0 bridgehead atoms. The highest BCUT2D eigenvalue weighted by atomic mass is 32.5. The summed E-state index contributed by atoms with van der Waals surface area (Å²) in [4.78, 5) is 33.9. The fraction of sp³-hybridized carbons (Fsp3) is 1.00. The van der Waals surface area contributed by atoms with Crippen LogP contribution in [0.5, 0.6) is 0 Å². The van der Waals surface area contributed by atoms with E-state index in [2.05, 4.69) is 29.5 Å². The lowest BCUT2D eigenvalue weighted by Gasteiger charge is -2.36. The van der Waals surface area contributed by atoms with Crippen molar-refractivity contribution in [1.82, 2.24) is 0 Å². The van der Waals surface area contributed by atoms with Crippen molar-refractivity contribution in [1.29, 1.82) is 0 Å². The highest BCUT2D eigenvalue weighted by Gasteiger charge is 2.40. The van der Waals surface area contributed by atoms with Crippen molar-refractivity contribution in [3.63, 3.8) is 0 Å². The van der Waals surface area contributed by atoms with Crippen LogP contribution in [0.15, 0.2) is 0 Å². The summed E-state index contributed by atoms with van der Waals surface area (Å²) < 4.78 is 42.9. The summed E-state index contributed by atoms with van der Waals surface area (Å²) in [5, 5.41) is 19.0. The molecule has 0 aliphatic carbocycles. The topological polar surface area (TPSA) is 190 Å².